The Bertz CT molecular complexity index is 444. The predicted molar refractivity (Wildman–Crippen MR) is 67.6 cm³/mol. The molecule has 1 aliphatic rings. The summed E-state index contributed by atoms with van der Waals surface area (Å²) in [5.74, 6) is -0.450. The quantitative estimate of drug-likeness (QED) is 0.644. The minimum absolute atomic E-state index is 0.0266. The molecule has 1 fully saturated rings. The van der Waals surface area contributed by atoms with Crippen molar-refractivity contribution in [2.75, 3.05) is 18.1 Å². The maximum Gasteiger partial charge on any atom is 0.244 e. The van der Waals surface area contributed by atoms with Crippen LogP contribution in [0, 0.1) is 5.92 Å². The zero-order valence-electron chi connectivity index (χ0n) is 10.3. The van der Waals surface area contributed by atoms with Crippen molar-refractivity contribution in [2.45, 2.75) is 19.4 Å². The number of sulfone groups is 1. The van der Waals surface area contributed by atoms with Crippen molar-refractivity contribution in [1.29, 1.82) is 0 Å². The van der Waals surface area contributed by atoms with Crippen LogP contribution in [0.1, 0.15) is 13.3 Å². The first-order chi connectivity index (χ1) is 8.34. The average molecular weight is 274 g/mol. The van der Waals surface area contributed by atoms with Gasteiger partial charge in [-0.2, -0.15) is 0 Å². The molecule has 1 saturated heterocycles. The molecule has 1 rings (SSSR count). The van der Waals surface area contributed by atoms with E-state index in [0.29, 0.717) is 13.0 Å². The molecule has 0 unspecified atom stereocenters. The van der Waals surface area contributed by atoms with Crippen LogP contribution in [0.5, 0.6) is 0 Å². The summed E-state index contributed by atoms with van der Waals surface area (Å²) in [6.45, 7) is 5.17. The molecule has 1 heterocycles. The number of nitrogens with one attached hydrogen (secondary N) is 2. The van der Waals surface area contributed by atoms with Crippen molar-refractivity contribution >= 4 is 21.7 Å². The third kappa shape index (κ3) is 4.48. The third-order valence-corrected chi connectivity index (χ3v) is 4.67. The SMILES string of the molecule is C=CC(=O)N[C@@H](C)C(=O)NC[C@@H]1CCS(=O)(=O)C1. The van der Waals surface area contributed by atoms with Gasteiger partial charge in [-0.25, -0.2) is 8.42 Å². The van der Waals surface area contributed by atoms with Crippen molar-refractivity contribution in [3.8, 4) is 0 Å². The third-order valence-electron chi connectivity index (χ3n) is 2.83. The highest BCUT2D eigenvalue weighted by Crippen LogP contribution is 2.17. The smallest absolute Gasteiger partial charge is 0.244 e. The van der Waals surface area contributed by atoms with Gasteiger partial charge in [-0.15, -0.1) is 0 Å². The molecule has 2 amide bonds. The molecule has 0 aromatic heterocycles. The van der Waals surface area contributed by atoms with Crippen LogP contribution >= 0.6 is 0 Å². The van der Waals surface area contributed by atoms with Crippen LogP contribution in [-0.2, 0) is 19.4 Å². The summed E-state index contributed by atoms with van der Waals surface area (Å²) >= 11 is 0. The highest BCUT2D eigenvalue weighted by molar-refractivity contribution is 7.91. The highest BCUT2D eigenvalue weighted by Gasteiger charge is 2.28. The van der Waals surface area contributed by atoms with E-state index in [4.69, 9.17) is 0 Å². The fourth-order valence-corrected chi connectivity index (χ4v) is 3.63. The Morgan fingerprint density at radius 3 is 2.67 bits per heavy atom. The lowest BCUT2D eigenvalue weighted by Gasteiger charge is -2.14. The van der Waals surface area contributed by atoms with E-state index in [1.807, 2.05) is 0 Å². The van der Waals surface area contributed by atoms with Crippen molar-refractivity contribution in [3.05, 3.63) is 12.7 Å². The minimum Gasteiger partial charge on any atom is -0.354 e. The van der Waals surface area contributed by atoms with E-state index in [1.165, 1.54) is 0 Å². The number of carbonyl (C=O) groups is 2. The Morgan fingerprint density at radius 2 is 2.17 bits per heavy atom. The second-order valence-electron chi connectivity index (χ2n) is 4.45. The van der Waals surface area contributed by atoms with Gasteiger partial charge in [0.1, 0.15) is 6.04 Å². The normalized spacial score (nSPS) is 23.1. The molecule has 7 heteroatoms. The first kappa shape index (κ1) is 14.7. The standard InChI is InChI=1S/C11H18N2O4S/c1-3-10(14)13-8(2)11(15)12-6-9-4-5-18(16,17)7-9/h3,8-9H,1,4-7H2,2H3,(H,12,15)(H,13,14)/t8-,9-/m0/s1. The molecular formula is C11H18N2O4S. The molecule has 0 bridgehead atoms. The molecule has 102 valence electrons. The van der Waals surface area contributed by atoms with E-state index in [0.717, 1.165) is 6.08 Å². The lowest BCUT2D eigenvalue weighted by atomic mass is 10.1. The first-order valence-corrected chi connectivity index (χ1v) is 7.57. The van der Waals surface area contributed by atoms with Gasteiger partial charge in [0, 0.05) is 6.54 Å². The molecular weight excluding hydrogens is 256 g/mol. The summed E-state index contributed by atoms with van der Waals surface area (Å²) in [5, 5.41) is 5.07. The number of rotatable bonds is 5. The van der Waals surface area contributed by atoms with E-state index in [-0.39, 0.29) is 23.3 Å². The van der Waals surface area contributed by atoms with Gasteiger partial charge < -0.3 is 10.6 Å². The fourth-order valence-electron chi connectivity index (χ4n) is 1.77. The predicted octanol–water partition coefficient (Wildman–Crippen LogP) is -0.772. The highest BCUT2D eigenvalue weighted by atomic mass is 32.2. The summed E-state index contributed by atoms with van der Waals surface area (Å²) in [4.78, 5) is 22.6. The van der Waals surface area contributed by atoms with E-state index in [1.54, 1.807) is 6.92 Å². The molecule has 0 saturated carbocycles. The van der Waals surface area contributed by atoms with Gasteiger partial charge >= 0.3 is 0 Å². The average Bonchev–Trinajstić information content (AvgIpc) is 2.65. The van der Waals surface area contributed by atoms with Crippen LogP contribution in [0.4, 0.5) is 0 Å². The van der Waals surface area contributed by atoms with E-state index in [2.05, 4.69) is 17.2 Å². The first-order valence-electron chi connectivity index (χ1n) is 5.75. The molecule has 0 aromatic rings. The second-order valence-corrected chi connectivity index (χ2v) is 6.68. The Morgan fingerprint density at radius 1 is 1.50 bits per heavy atom. The van der Waals surface area contributed by atoms with Gasteiger partial charge in [-0.05, 0) is 25.3 Å². The van der Waals surface area contributed by atoms with Gasteiger partial charge in [-0.1, -0.05) is 6.58 Å². The van der Waals surface area contributed by atoms with Crippen LogP contribution in [0.3, 0.4) is 0 Å². The largest absolute Gasteiger partial charge is 0.354 e. The van der Waals surface area contributed by atoms with Crippen molar-refractivity contribution < 1.29 is 18.0 Å². The number of hydrogen-bond acceptors (Lipinski definition) is 4. The topological polar surface area (TPSA) is 92.3 Å². The number of amides is 2. The maximum atomic E-state index is 11.6. The Kier molecular flexibility index (Phi) is 4.89. The van der Waals surface area contributed by atoms with Crippen molar-refractivity contribution in [2.24, 2.45) is 5.92 Å². The van der Waals surface area contributed by atoms with E-state index in [9.17, 15) is 18.0 Å². The summed E-state index contributed by atoms with van der Waals surface area (Å²) < 4.78 is 22.4. The van der Waals surface area contributed by atoms with Crippen LogP contribution in [0.2, 0.25) is 0 Å². The summed E-state index contributed by atoms with van der Waals surface area (Å²) in [7, 11) is -2.92. The van der Waals surface area contributed by atoms with Gasteiger partial charge in [-0.3, -0.25) is 9.59 Å². The summed E-state index contributed by atoms with van der Waals surface area (Å²) in [5.41, 5.74) is 0. The second kappa shape index (κ2) is 5.99. The molecule has 6 nitrogen and oxygen atoms in total. The molecule has 2 N–H and O–H groups in total. The van der Waals surface area contributed by atoms with Crippen LogP contribution in [0.15, 0.2) is 12.7 Å². The molecule has 0 spiro atoms. The summed E-state index contributed by atoms with van der Waals surface area (Å²) in [6.07, 6.45) is 1.67. The molecule has 0 radical (unpaired) electrons. The van der Waals surface area contributed by atoms with Crippen molar-refractivity contribution in [3.63, 3.8) is 0 Å². The monoisotopic (exact) mass is 274 g/mol. The molecule has 0 aliphatic carbocycles. The fraction of sp³-hybridized carbons (Fsp3) is 0.636. The lowest BCUT2D eigenvalue weighted by molar-refractivity contribution is -0.126. The number of carbonyl (C=O) groups excluding carboxylic acids is 2. The minimum atomic E-state index is -2.92. The van der Waals surface area contributed by atoms with Crippen LogP contribution < -0.4 is 10.6 Å². The Balaban J connectivity index is 2.33. The van der Waals surface area contributed by atoms with E-state index < -0.39 is 21.8 Å². The molecule has 18 heavy (non-hydrogen) atoms. The van der Waals surface area contributed by atoms with Gasteiger partial charge in [0.15, 0.2) is 9.84 Å². The van der Waals surface area contributed by atoms with Gasteiger partial charge in [0.05, 0.1) is 11.5 Å². The van der Waals surface area contributed by atoms with Gasteiger partial charge in [0.2, 0.25) is 11.8 Å². The maximum absolute atomic E-state index is 11.6. The Labute approximate surface area is 107 Å². The van der Waals surface area contributed by atoms with Crippen molar-refractivity contribution in [1.82, 2.24) is 10.6 Å². The Hall–Kier alpha value is -1.37. The van der Waals surface area contributed by atoms with Crippen LogP contribution in [0.25, 0.3) is 0 Å². The van der Waals surface area contributed by atoms with Crippen LogP contribution in [-0.4, -0.2) is 44.3 Å². The summed E-state index contributed by atoms with van der Waals surface area (Å²) in [6, 6.07) is -0.659. The molecule has 1 aliphatic heterocycles. The van der Waals surface area contributed by atoms with Gasteiger partial charge in [0.25, 0.3) is 0 Å². The number of hydrogen-bond donors (Lipinski definition) is 2. The zero-order chi connectivity index (χ0) is 13.8. The molecule has 0 aromatic carbocycles. The van der Waals surface area contributed by atoms with E-state index >= 15 is 0 Å². The molecule has 2 atom stereocenters. The lowest BCUT2D eigenvalue weighted by Crippen LogP contribution is -2.45. The zero-order valence-corrected chi connectivity index (χ0v) is 11.1.